The van der Waals surface area contributed by atoms with Crippen molar-refractivity contribution in [3.8, 4) is 0 Å². The molecule has 0 radical (unpaired) electrons. The first-order chi connectivity index (χ1) is 9.91. The summed E-state index contributed by atoms with van der Waals surface area (Å²) in [6.45, 7) is 15.2. The van der Waals surface area contributed by atoms with E-state index in [0.717, 1.165) is 24.2 Å². The fourth-order valence-corrected chi connectivity index (χ4v) is 15.3. The van der Waals surface area contributed by atoms with E-state index in [1.165, 1.54) is 38.5 Å². The minimum absolute atomic E-state index is 0.729. The molecule has 2 heterocycles. The summed E-state index contributed by atoms with van der Waals surface area (Å²) >= 11 is 0. The van der Waals surface area contributed by atoms with Gasteiger partial charge in [0.15, 0.2) is 0 Å². The topological polar surface area (TPSA) is 6.48 Å². The standard InChI is InChI=1S/C17H38N2Si2/c1-14-9-7-10-15(2)18(14)20(5)13-21(6)19-16(3)11-8-12-17(19)4/h14-17,20-21H,7-13H2,1-6H3. The first-order valence-electron chi connectivity index (χ1n) is 9.46. The van der Waals surface area contributed by atoms with Gasteiger partial charge in [-0.1, -0.05) is 53.6 Å². The van der Waals surface area contributed by atoms with Crippen molar-refractivity contribution in [1.29, 1.82) is 0 Å². The Morgan fingerprint density at radius 2 is 0.952 bits per heavy atom. The van der Waals surface area contributed by atoms with Crippen LogP contribution in [0.2, 0.25) is 18.8 Å². The van der Waals surface area contributed by atoms with Crippen molar-refractivity contribution in [3.63, 3.8) is 0 Å². The van der Waals surface area contributed by atoms with Crippen molar-refractivity contribution in [3.05, 3.63) is 0 Å². The van der Waals surface area contributed by atoms with Gasteiger partial charge in [-0.05, 0) is 31.4 Å². The molecule has 2 nitrogen and oxygen atoms in total. The van der Waals surface area contributed by atoms with Crippen LogP contribution in [-0.4, -0.2) is 51.2 Å². The van der Waals surface area contributed by atoms with Gasteiger partial charge in [0.1, 0.15) is 17.9 Å². The van der Waals surface area contributed by atoms with E-state index < -0.39 is 17.9 Å². The van der Waals surface area contributed by atoms with Crippen molar-refractivity contribution in [2.24, 2.45) is 0 Å². The Hall–Kier alpha value is 0.354. The zero-order valence-electron chi connectivity index (χ0n) is 15.3. The third kappa shape index (κ3) is 4.21. The maximum atomic E-state index is 2.98. The smallest absolute Gasteiger partial charge is 0.107 e. The van der Waals surface area contributed by atoms with E-state index in [-0.39, 0.29) is 0 Å². The minimum Gasteiger partial charge on any atom is -0.322 e. The quantitative estimate of drug-likeness (QED) is 0.726. The van der Waals surface area contributed by atoms with Crippen LogP contribution in [0.4, 0.5) is 0 Å². The van der Waals surface area contributed by atoms with Crippen LogP contribution >= 0.6 is 0 Å². The van der Waals surface area contributed by atoms with Crippen LogP contribution in [0.3, 0.4) is 0 Å². The van der Waals surface area contributed by atoms with Gasteiger partial charge in [-0.2, -0.15) is 0 Å². The van der Waals surface area contributed by atoms with Gasteiger partial charge in [-0.15, -0.1) is 0 Å². The van der Waals surface area contributed by atoms with E-state index in [1.807, 2.05) is 0 Å². The molecule has 2 rings (SSSR count). The molecular weight excluding hydrogens is 288 g/mol. The van der Waals surface area contributed by atoms with Gasteiger partial charge in [0, 0.05) is 24.2 Å². The number of hydrogen-bond acceptors (Lipinski definition) is 2. The normalized spacial score (nSPS) is 39.1. The monoisotopic (exact) mass is 326 g/mol. The number of rotatable bonds is 4. The SMILES string of the molecule is CC1CCCC(C)N1[SiH](C)C[SiH](C)N1C(C)CCCC1C. The molecule has 124 valence electrons. The molecule has 0 aromatic heterocycles. The predicted octanol–water partition coefficient (Wildman–Crippen LogP) is 3.76. The Morgan fingerprint density at radius 1 is 0.667 bits per heavy atom. The summed E-state index contributed by atoms with van der Waals surface area (Å²) in [6, 6.07) is 3.42. The van der Waals surface area contributed by atoms with Crippen molar-refractivity contribution in [2.75, 3.05) is 0 Å². The van der Waals surface area contributed by atoms with Gasteiger partial charge in [0.2, 0.25) is 0 Å². The molecule has 0 aromatic carbocycles. The third-order valence-corrected chi connectivity index (χ3v) is 15.8. The number of nitrogens with zero attached hydrogens (tertiary/aromatic N) is 2. The summed E-state index contributed by atoms with van der Waals surface area (Å²) in [5.41, 5.74) is 1.60. The maximum absolute atomic E-state index is 2.98. The van der Waals surface area contributed by atoms with Gasteiger partial charge in [0.05, 0.1) is 0 Å². The molecular formula is C17H38N2Si2. The molecule has 0 saturated carbocycles. The van der Waals surface area contributed by atoms with Crippen LogP contribution in [0.15, 0.2) is 0 Å². The van der Waals surface area contributed by atoms with Crippen molar-refractivity contribution in [2.45, 2.75) is 109 Å². The summed E-state index contributed by atoms with van der Waals surface area (Å²) in [5.74, 6) is 0. The third-order valence-electron chi connectivity index (χ3n) is 6.22. The first-order valence-corrected chi connectivity index (χ1v) is 14.4. The lowest BCUT2D eigenvalue weighted by atomic mass is 10.0. The van der Waals surface area contributed by atoms with Crippen molar-refractivity contribution >= 4 is 17.9 Å². The van der Waals surface area contributed by atoms with Gasteiger partial charge >= 0.3 is 0 Å². The molecule has 0 spiro atoms. The second-order valence-corrected chi connectivity index (χ2v) is 14.6. The fourth-order valence-electron chi connectivity index (χ4n) is 5.36. The Labute approximate surface area is 136 Å². The zero-order chi connectivity index (χ0) is 15.6. The minimum atomic E-state index is -0.729. The highest BCUT2D eigenvalue weighted by molar-refractivity contribution is 6.73. The van der Waals surface area contributed by atoms with Crippen LogP contribution in [0.5, 0.6) is 0 Å². The lowest BCUT2D eigenvalue weighted by Gasteiger charge is -2.47. The van der Waals surface area contributed by atoms with E-state index in [9.17, 15) is 0 Å². The molecule has 4 heteroatoms. The lowest BCUT2D eigenvalue weighted by molar-refractivity contribution is 0.195. The largest absolute Gasteiger partial charge is 0.322 e. The Kier molecular flexibility index (Phi) is 6.54. The summed E-state index contributed by atoms with van der Waals surface area (Å²) in [7, 11) is -1.46. The van der Waals surface area contributed by atoms with Crippen LogP contribution in [-0.2, 0) is 0 Å². The molecule has 0 aromatic rings. The average molecular weight is 327 g/mol. The Balaban J connectivity index is 1.95. The molecule has 0 aliphatic carbocycles. The summed E-state index contributed by atoms with van der Waals surface area (Å²) < 4.78 is 5.96. The molecule has 2 fully saturated rings. The molecule has 2 saturated heterocycles. The van der Waals surface area contributed by atoms with Crippen LogP contribution < -0.4 is 0 Å². The second-order valence-electron chi connectivity index (χ2n) is 8.09. The van der Waals surface area contributed by atoms with E-state index >= 15 is 0 Å². The summed E-state index contributed by atoms with van der Waals surface area (Å²) in [4.78, 5) is 0. The van der Waals surface area contributed by atoms with E-state index in [1.54, 1.807) is 5.67 Å². The number of hydrogen-bond donors (Lipinski definition) is 0. The van der Waals surface area contributed by atoms with Gasteiger partial charge in [0.25, 0.3) is 0 Å². The second kappa shape index (κ2) is 7.76. The first kappa shape index (κ1) is 17.7. The lowest BCUT2D eigenvalue weighted by Crippen LogP contribution is -2.57. The Bertz CT molecular complexity index is 276. The van der Waals surface area contributed by atoms with Crippen molar-refractivity contribution < 1.29 is 0 Å². The van der Waals surface area contributed by atoms with Gasteiger partial charge in [-0.3, -0.25) is 0 Å². The van der Waals surface area contributed by atoms with Crippen LogP contribution in [0, 0.1) is 0 Å². The van der Waals surface area contributed by atoms with E-state index in [0.29, 0.717) is 0 Å². The molecule has 0 N–H and O–H groups in total. The summed E-state index contributed by atoms with van der Waals surface area (Å²) in [5, 5.41) is 0. The van der Waals surface area contributed by atoms with E-state index in [2.05, 4.69) is 49.9 Å². The predicted molar refractivity (Wildman–Crippen MR) is 100 cm³/mol. The molecule has 0 bridgehead atoms. The highest BCUT2D eigenvalue weighted by Gasteiger charge is 2.34. The van der Waals surface area contributed by atoms with Gasteiger partial charge in [-0.25, -0.2) is 0 Å². The molecule has 6 unspecified atom stereocenters. The zero-order valence-corrected chi connectivity index (χ0v) is 17.6. The van der Waals surface area contributed by atoms with Crippen molar-refractivity contribution in [1.82, 2.24) is 9.13 Å². The molecule has 2 aliphatic rings. The van der Waals surface area contributed by atoms with E-state index in [4.69, 9.17) is 0 Å². The molecule has 0 amide bonds. The fraction of sp³-hybridized carbons (Fsp3) is 1.00. The number of piperidine rings is 2. The molecule has 6 atom stereocenters. The maximum Gasteiger partial charge on any atom is 0.107 e. The highest BCUT2D eigenvalue weighted by Crippen LogP contribution is 2.28. The highest BCUT2D eigenvalue weighted by atomic mass is 28.3. The van der Waals surface area contributed by atoms with Crippen LogP contribution in [0.25, 0.3) is 0 Å². The van der Waals surface area contributed by atoms with Crippen LogP contribution in [0.1, 0.15) is 66.2 Å². The molecule has 21 heavy (non-hydrogen) atoms. The Morgan fingerprint density at radius 3 is 1.24 bits per heavy atom. The summed E-state index contributed by atoms with van der Waals surface area (Å²) in [6.07, 6.45) is 8.66. The van der Waals surface area contributed by atoms with Gasteiger partial charge < -0.3 is 9.13 Å². The average Bonchev–Trinajstić information content (AvgIpc) is 2.38. The molecule has 2 aliphatic heterocycles.